The van der Waals surface area contributed by atoms with E-state index in [4.69, 9.17) is 10.5 Å². The molecular formula is C14H13N3O. The topological polar surface area (TPSA) is 61.0 Å². The highest BCUT2D eigenvalue weighted by molar-refractivity contribution is 5.36. The third kappa shape index (κ3) is 3.58. The predicted octanol–water partition coefficient (Wildman–Crippen LogP) is 1.37. The standard InChI is InChI=1S/C14H13N3O/c15-5-1-2-13-8-14(10-17-9-13)18-11-12-3-6-16-7-4-12/h3-4,6-10H,5,11,15H2. The van der Waals surface area contributed by atoms with Crippen molar-refractivity contribution in [3.63, 3.8) is 0 Å². The molecule has 0 saturated carbocycles. The molecule has 2 rings (SSSR count). The Morgan fingerprint density at radius 3 is 2.78 bits per heavy atom. The largest absolute Gasteiger partial charge is 0.487 e. The zero-order valence-corrected chi connectivity index (χ0v) is 9.84. The summed E-state index contributed by atoms with van der Waals surface area (Å²) in [7, 11) is 0. The Bertz CT molecular complexity index is 558. The van der Waals surface area contributed by atoms with Crippen LogP contribution in [0.1, 0.15) is 11.1 Å². The molecule has 4 heteroatoms. The van der Waals surface area contributed by atoms with Gasteiger partial charge in [-0.15, -0.1) is 0 Å². The molecule has 2 aromatic heterocycles. The Morgan fingerprint density at radius 2 is 2.00 bits per heavy atom. The lowest BCUT2D eigenvalue weighted by atomic mass is 10.2. The molecule has 0 aromatic carbocycles. The van der Waals surface area contributed by atoms with Crippen molar-refractivity contribution in [2.24, 2.45) is 5.73 Å². The van der Waals surface area contributed by atoms with Crippen molar-refractivity contribution >= 4 is 0 Å². The average Bonchev–Trinajstić information content (AvgIpc) is 2.44. The molecule has 4 nitrogen and oxygen atoms in total. The summed E-state index contributed by atoms with van der Waals surface area (Å²) in [4.78, 5) is 8.02. The third-order valence-corrected chi connectivity index (χ3v) is 2.20. The van der Waals surface area contributed by atoms with Gasteiger partial charge >= 0.3 is 0 Å². The van der Waals surface area contributed by atoms with Crippen molar-refractivity contribution in [3.8, 4) is 17.6 Å². The zero-order valence-electron chi connectivity index (χ0n) is 9.84. The number of hydrogen-bond donors (Lipinski definition) is 1. The van der Waals surface area contributed by atoms with Crippen molar-refractivity contribution in [3.05, 3.63) is 54.1 Å². The Kier molecular flexibility index (Phi) is 4.28. The zero-order chi connectivity index (χ0) is 12.6. The summed E-state index contributed by atoms with van der Waals surface area (Å²) in [6, 6.07) is 5.66. The molecule has 0 aliphatic rings. The van der Waals surface area contributed by atoms with Crippen LogP contribution in [0.2, 0.25) is 0 Å². The number of rotatable bonds is 3. The lowest BCUT2D eigenvalue weighted by molar-refractivity contribution is 0.305. The number of nitrogens with two attached hydrogens (primary N) is 1. The first-order valence-corrected chi connectivity index (χ1v) is 5.54. The van der Waals surface area contributed by atoms with Gasteiger partial charge in [-0.1, -0.05) is 11.8 Å². The lowest BCUT2D eigenvalue weighted by Gasteiger charge is -2.05. The molecule has 0 amide bonds. The van der Waals surface area contributed by atoms with Crippen molar-refractivity contribution in [1.82, 2.24) is 9.97 Å². The monoisotopic (exact) mass is 239 g/mol. The van der Waals surface area contributed by atoms with E-state index in [0.29, 0.717) is 18.9 Å². The van der Waals surface area contributed by atoms with Crippen LogP contribution in [0, 0.1) is 11.8 Å². The van der Waals surface area contributed by atoms with E-state index in [1.54, 1.807) is 24.8 Å². The molecule has 0 aliphatic carbocycles. The Balaban J connectivity index is 2.01. The van der Waals surface area contributed by atoms with Crippen LogP contribution in [-0.4, -0.2) is 16.5 Å². The van der Waals surface area contributed by atoms with Gasteiger partial charge in [0.2, 0.25) is 0 Å². The lowest BCUT2D eigenvalue weighted by Crippen LogP contribution is -1.96. The average molecular weight is 239 g/mol. The molecule has 0 spiro atoms. The first kappa shape index (κ1) is 12.1. The Morgan fingerprint density at radius 1 is 1.17 bits per heavy atom. The fraction of sp³-hybridized carbons (Fsp3) is 0.143. The van der Waals surface area contributed by atoms with E-state index in [0.717, 1.165) is 11.1 Å². The quantitative estimate of drug-likeness (QED) is 0.822. The van der Waals surface area contributed by atoms with Gasteiger partial charge in [0.15, 0.2) is 0 Å². The van der Waals surface area contributed by atoms with Crippen LogP contribution in [0.5, 0.6) is 5.75 Å². The van der Waals surface area contributed by atoms with E-state index < -0.39 is 0 Å². The van der Waals surface area contributed by atoms with E-state index in [-0.39, 0.29) is 0 Å². The summed E-state index contributed by atoms with van der Waals surface area (Å²) < 4.78 is 5.62. The molecular weight excluding hydrogens is 226 g/mol. The number of ether oxygens (including phenoxy) is 1. The maximum absolute atomic E-state index is 5.62. The van der Waals surface area contributed by atoms with Crippen molar-refractivity contribution < 1.29 is 4.74 Å². The smallest absolute Gasteiger partial charge is 0.139 e. The van der Waals surface area contributed by atoms with Crippen LogP contribution in [0.15, 0.2) is 43.0 Å². The van der Waals surface area contributed by atoms with E-state index in [2.05, 4.69) is 21.8 Å². The first-order valence-electron chi connectivity index (χ1n) is 5.54. The van der Waals surface area contributed by atoms with Gasteiger partial charge in [0.1, 0.15) is 12.4 Å². The normalized spacial score (nSPS) is 9.39. The van der Waals surface area contributed by atoms with Crippen LogP contribution >= 0.6 is 0 Å². The van der Waals surface area contributed by atoms with Gasteiger partial charge in [-0.05, 0) is 23.8 Å². The van der Waals surface area contributed by atoms with Crippen molar-refractivity contribution in [2.75, 3.05) is 6.54 Å². The van der Waals surface area contributed by atoms with Gasteiger partial charge in [-0.2, -0.15) is 0 Å². The molecule has 0 atom stereocenters. The summed E-state index contributed by atoms with van der Waals surface area (Å²) in [6.45, 7) is 0.820. The number of nitrogens with zero attached hydrogens (tertiary/aromatic N) is 2. The summed E-state index contributed by atoms with van der Waals surface area (Å²) in [5, 5.41) is 0. The van der Waals surface area contributed by atoms with Crippen LogP contribution in [0.3, 0.4) is 0 Å². The maximum Gasteiger partial charge on any atom is 0.139 e. The fourth-order valence-electron chi connectivity index (χ4n) is 1.36. The molecule has 18 heavy (non-hydrogen) atoms. The summed E-state index contributed by atoms with van der Waals surface area (Å²) in [5.74, 6) is 6.39. The highest BCUT2D eigenvalue weighted by Crippen LogP contribution is 2.12. The van der Waals surface area contributed by atoms with Gasteiger partial charge in [-0.3, -0.25) is 9.97 Å². The summed E-state index contributed by atoms with van der Waals surface area (Å²) in [6.07, 6.45) is 6.82. The molecule has 90 valence electrons. The van der Waals surface area contributed by atoms with Gasteiger partial charge in [0, 0.05) is 24.2 Å². The van der Waals surface area contributed by atoms with E-state index in [1.807, 2.05) is 18.2 Å². The molecule has 0 bridgehead atoms. The Hall–Kier alpha value is -2.38. The molecule has 0 saturated heterocycles. The molecule has 2 aromatic rings. The predicted molar refractivity (Wildman–Crippen MR) is 68.7 cm³/mol. The van der Waals surface area contributed by atoms with Gasteiger partial charge < -0.3 is 10.5 Å². The third-order valence-electron chi connectivity index (χ3n) is 2.20. The highest BCUT2D eigenvalue weighted by atomic mass is 16.5. The van der Waals surface area contributed by atoms with Gasteiger partial charge in [-0.25, -0.2) is 0 Å². The summed E-state index contributed by atoms with van der Waals surface area (Å²) in [5.41, 5.74) is 7.18. The highest BCUT2D eigenvalue weighted by Gasteiger charge is 1.97. The minimum absolute atomic E-state index is 0.335. The van der Waals surface area contributed by atoms with Crippen molar-refractivity contribution in [1.29, 1.82) is 0 Å². The minimum Gasteiger partial charge on any atom is -0.487 e. The fourth-order valence-corrected chi connectivity index (χ4v) is 1.36. The number of hydrogen-bond acceptors (Lipinski definition) is 4. The molecule has 2 heterocycles. The maximum atomic E-state index is 5.62. The molecule has 0 fully saturated rings. The second-order valence-corrected chi connectivity index (χ2v) is 3.56. The van der Waals surface area contributed by atoms with Crippen LogP contribution in [0.25, 0.3) is 0 Å². The summed E-state index contributed by atoms with van der Waals surface area (Å²) >= 11 is 0. The van der Waals surface area contributed by atoms with Gasteiger partial charge in [0.05, 0.1) is 12.7 Å². The molecule has 0 unspecified atom stereocenters. The molecule has 2 N–H and O–H groups in total. The van der Waals surface area contributed by atoms with Crippen LogP contribution in [-0.2, 0) is 6.61 Å². The van der Waals surface area contributed by atoms with Crippen LogP contribution in [0.4, 0.5) is 0 Å². The Labute approximate surface area is 106 Å². The second-order valence-electron chi connectivity index (χ2n) is 3.56. The second kappa shape index (κ2) is 6.38. The van der Waals surface area contributed by atoms with Crippen molar-refractivity contribution in [2.45, 2.75) is 6.61 Å². The SMILES string of the molecule is NCC#Cc1cncc(OCc2ccncc2)c1. The molecule has 0 radical (unpaired) electrons. The molecule has 0 aliphatic heterocycles. The van der Waals surface area contributed by atoms with E-state index in [1.165, 1.54) is 0 Å². The van der Waals surface area contributed by atoms with Gasteiger partial charge in [0.25, 0.3) is 0 Å². The number of aromatic nitrogens is 2. The number of pyridine rings is 2. The van der Waals surface area contributed by atoms with Crippen LogP contribution < -0.4 is 10.5 Å². The van der Waals surface area contributed by atoms with E-state index in [9.17, 15) is 0 Å². The minimum atomic E-state index is 0.335. The van der Waals surface area contributed by atoms with E-state index >= 15 is 0 Å². The first-order chi connectivity index (χ1) is 8.88.